The average molecular weight is 313 g/mol. The number of hydrogen-bond donors (Lipinski definition) is 1. The predicted octanol–water partition coefficient (Wildman–Crippen LogP) is 3.03. The molecule has 0 saturated heterocycles. The number of sulfone groups is 1. The van der Waals surface area contributed by atoms with Gasteiger partial charge in [-0.15, -0.1) is 0 Å². The molecule has 0 spiro atoms. The third kappa shape index (κ3) is 3.30. The average Bonchev–Trinajstić information content (AvgIpc) is 2.40. The first-order chi connectivity index (χ1) is 9.41. The van der Waals surface area contributed by atoms with Gasteiger partial charge in [0.05, 0.1) is 16.5 Å². The van der Waals surface area contributed by atoms with Crippen molar-refractivity contribution in [1.82, 2.24) is 0 Å². The monoisotopic (exact) mass is 312 g/mol. The number of aliphatic hydroxyl groups is 1. The Labute approximate surface area is 122 Å². The molecule has 0 aromatic heterocycles. The number of rotatable bonds is 4. The van der Waals surface area contributed by atoms with Crippen molar-refractivity contribution >= 4 is 21.4 Å². The molecule has 6 heteroatoms. The molecule has 0 bridgehead atoms. The summed E-state index contributed by atoms with van der Waals surface area (Å²) in [4.78, 5) is 0.160. The van der Waals surface area contributed by atoms with E-state index < -0.39 is 9.84 Å². The van der Waals surface area contributed by atoms with Gasteiger partial charge in [-0.3, -0.25) is 0 Å². The highest BCUT2D eigenvalue weighted by atomic mass is 35.5. The third-order valence-corrected chi connectivity index (χ3v) is 4.08. The van der Waals surface area contributed by atoms with Crippen LogP contribution in [0.5, 0.6) is 11.5 Å². The summed E-state index contributed by atoms with van der Waals surface area (Å²) in [6.45, 7) is -0.221. The van der Waals surface area contributed by atoms with Crippen LogP contribution in [-0.4, -0.2) is 19.8 Å². The summed E-state index contributed by atoms with van der Waals surface area (Å²) < 4.78 is 28.6. The van der Waals surface area contributed by atoms with Crippen LogP contribution in [0, 0.1) is 0 Å². The molecular weight excluding hydrogens is 300 g/mol. The Kier molecular flexibility index (Phi) is 4.32. The molecule has 0 fully saturated rings. The van der Waals surface area contributed by atoms with Gasteiger partial charge >= 0.3 is 0 Å². The predicted molar refractivity (Wildman–Crippen MR) is 77.0 cm³/mol. The lowest BCUT2D eigenvalue weighted by molar-refractivity contribution is 0.276. The number of ether oxygens (including phenoxy) is 1. The quantitative estimate of drug-likeness (QED) is 0.942. The number of halogens is 1. The molecule has 0 aliphatic heterocycles. The highest BCUT2D eigenvalue weighted by molar-refractivity contribution is 7.90. The molecule has 1 N–H and O–H groups in total. The Morgan fingerprint density at radius 2 is 1.90 bits per heavy atom. The van der Waals surface area contributed by atoms with E-state index in [2.05, 4.69) is 0 Å². The normalized spacial score (nSPS) is 11.3. The molecule has 0 atom stereocenters. The minimum atomic E-state index is -3.31. The molecule has 0 unspecified atom stereocenters. The van der Waals surface area contributed by atoms with E-state index in [-0.39, 0.29) is 11.5 Å². The van der Waals surface area contributed by atoms with Crippen molar-refractivity contribution in [1.29, 1.82) is 0 Å². The van der Waals surface area contributed by atoms with Crippen LogP contribution in [0.25, 0.3) is 0 Å². The van der Waals surface area contributed by atoms with E-state index in [4.69, 9.17) is 16.3 Å². The summed E-state index contributed by atoms with van der Waals surface area (Å²) in [5.41, 5.74) is 0.530. The van der Waals surface area contributed by atoms with Crippen LogP contribution >= 0.6 is 11.6 Å². The van der Waals surface area contributed by atoms with E-state index in [1.807, 2.05) is 0 Å². The van der Waals surface area contributed by atoms with Crippen molar-refractivity contribution < 1.29 is 18.3 Å². The number of para-hydroxylation sites is 1. The van der Waals surface area contributed by atoms with Crippen molar-refractivity contribution in [2.24, 2.45) is 0 Å². The largest absolute Gasteiger partial charge is 0.455 e. The van der Waals surface area contributed by atoms with E-state index in [9.17, 15) is 13.5 Å². The maximum atomic E-state index is 11.5. The van der Waals surface area contributed by atoms with E-state index in [1.165, 1.54) is 12.1 Å². The van der Waals surface area contributed by atoms with Gasteiger partial charge in [-0.25, -0.2) is 8.42 Å². The fourth-order valence-corrected chi connectivity index (χ4v) is 2.57. The first kappa shape index (κ1) is 14.8. The highest BCUT2D eigenvalue weighted by Gasteiger charge is 2.12. The summed E-state index contributed by atoms with van der Waals surface area (Å²) in [5, 5.41) is 9.62. The summed E-state index contributed by atoms with van der Waals surface area (Å²) in [5.74, 6) is 0.665. The second-order valence-corrected chi connectivity index (χ2v) is 6.66. The fraction of sp³-hybridized carbons (Fsp3) is 0.143. The van der Waals surface area contributed by atoms with Crippen LogP contribution in [-0.2, 0) is 16.4 Å². The van der Waals surface area contributed by atoms with Crippen molar-refractivity contribution in [2.45, 2.75) is 11.5 Å². The number of hydrogen-bond acceptors (Lipinski definition) is 4. The fourth-order valence-electron chi connectivity index (χ4n) is 1.68. The molecule has 0 amide bonds. The summed E-state index contributed by atoms with van der Waals surface area (Å²) in [6.07, 6.45) is 1.13. The topological polar surface area (TPSA) is 63.6 Å². The van der Waals surface area contributed by atoms with Crippen LogP contribution in [0.4, 0.5) is 0 Å². The number of benzene rings is 2. The van der Waals surface area contributed by atoms with Gasteiger partial charge in [-0.05, 0) is 24.3 Å². The van der Waals surface area contributed by atoms with Gasteiger partial charge < -0.3 is 9.84 Å². The minimum absolute atomic E-state index is 0.160. The molecule has 4 nitrogen and oxygen atoms in total. The molecule has 2 rings (SSSR count). The van der Waals surface area contributed by atoms with Gasteiger partial charge in [0.25, 0.3) is 0 Å². The standard InChI is InChI=1S/C14H13ClO4S/c1-20(17,18)12-6-3-5-11(8-12)19-14-10(9-16)4-2-7-13(14)15/h2-8,16H,9H2,1H3. The highest BCUT2D eigenvalue weighted by Crippen LogP contribution is 2.33. The smallest absolute Gasteiger partial charge is 0.175 e. The lowest BCUT2D eigenvalue weighted by Gasteiger charge is -2.12. The van der Waals surface area contributed by atoms with Crippen molar-refractivity contribution in [3.63, 3.8) is 0 Å². The van der Waals surface area contributed by atoms with Gasteiger partial charge in [-0.1, -0.05) is 29.8 Å². The summed E-state index contributed by atoms with van der Waals surface area (Å²) in [7, 11) is -3.31. The SMILES string of the molecule is CS(=O)(=O)c1cccc(Oc2c(Cl)cccc2CO)c1. The lowest BCUT2D eigenvalue weighted by Crippen LogP contribution is -1.98. The zero-order valence-corrected chi connectivity index (χ0v) is 12.3. The Morgan fingerprint density at radius 1 is 1.20 bits per heavy atom. The van der Waals surface area contributed by atoms with Crippen molar-refractivity contribution in [3.8, 4) is 11.5 Å². The van der Waals surface area contributed by atoms with E-state index in [0.29, 0.717) is 22.1 Å². The molecular formula is C14H13ClO4S. The van der Waals surface area contributed by atoms with Crippen molar-refractivity contribution in [2.75, 3.05) is 6.26 Å². The maximum absolute atomic E-state index is 11.5. The maximum Gasteiger partial charge on any atom is 0.175 e. The molecule has 106 valence electrons. The van der Waals surface area contributed by atoms with E-state index in [1.54, 1.807) is 30.3 Å². The van der Waals surface area contributed by atoms with Crippen LogP contribution in [0.1, 0.15) is 5.56 Å². The summed E-state index contributed by atoms with van der Waals surface area (Å²) in [6, 6.07) is 11.1. The minimum Gasteiger partial charge on any atom is -0.455 e. The van der Waals surface area contributed by atoms with Crippen LogP contribution < -0.4 is 4.74 Å². The molecule has 20 heavy (non-hydrogen) atoms. The molecule has 0 aliphatic rings. The molecule has 0 saturated carbocycles. The third-order valence-electron chi connectivity index (χ3n) is 2.67. The van der Waals surface area contributed by atoms with E-state index >= 15 is 0 Å². The lowest BCUT2D eigenvalue weighted by atomic mass is 10.2. The Hall–Kier alpha value is -1.56. The van der Waals surface area contributed by atoms with Gasteiger partial charge in [-0.2, -0.15) is 0 Å². The molecule has 0 aliphatic carbocycles. The number of aliphatic hydroxyl groups excluding tert-OH is 1. The van der Waals surface area contributed by atoms with Crippen LogP contribution in [0.3, 0.4) is 0 Å². The first-order valence-electron chi connectivity index (χ1n) is 5.78. The van der Waals surface area contributed by atoms with Crippen LogP contribution in [0.15, 0.2) is 47.4 Å². The first-order valence-corrected chi connectivity index (χ1v) is 8.05. The molecule has 2 aromatic rings. The Morgan fingerprint density at radius 3 is 2.55 bits per heavy atom. The second-order valence-electron chi connectivity index (χ2n) is 4.24. The zero-order valence-electron chi connectivity index (χ0n) is 10.7. The van der Waals surface area contributed by atoms with Crippen molar-refractivity contribution in [3.05, 3.63) is 53.1 Å². The Balaban J connectivity index is 2.41. The Bertz CT molecular complexity index is 726. The van der Waals surface area contributed by atoms with Crippen LogP contribution in [0.2, 0.25) is 5.02 Å². The van der Waals surface area contributed by atoms with Gasteiger partial charge in [0, 0.05) is 11.8 Å². The molecule has 0 heterocycles. The molecule has 0 radical (unpaired) electrons. The van der Waals surface area contributed by atoms with Gasteiger partial charge in [0.15, 0.2) is 15.6 Å². The summed E-state index contributed by atoms with van der Waals surface area (Å²) >= 11 is 6.03. The second kappa shape index (κ2) is 5.83. The van der Waals surface area contributed by atoms with Gasteiger partial charge in [0.1, 0.15) is 5.75 Å². The molecule has 2 aromatic carbocycles. The van der Waals surface area contributed by atoms with E-state index in [0.717, 1.165) is 6.26 Å². The van der Waals surface area contributed by atoms with Gasteiger partial charge in [0.2, 0.25) is 0 Å². The zero-order chi connectivity index (χ0) is 14.8.